The molecule has 1 saturated heterocycles. The van der Waals surface area contributed by atoms with Crippen LogP contribution in [-0.4, -0.2) is 29.9 Å². The van der Waals surface area contributed by atoms with Gasteiger partial charge in [-0.3, -0.25) is 4.79 Å². The average Bonchev–Trinajstić information content (AvgIpc) is 2.63. The molecule has 1 fully saturated rings. The fourth-order valence-corrected chi connectivity index (χ4v) is 2.16. The van der Waals surface area contributed by atoms with E-state index in [0.29, 0.717) is 16.8 Å². The highest BCUT2D eigenvalue weighted by Crippen LogP contribution is 2.21. The van der Waals surface area contributed by atoms with E-state index in [1.807, 2.05) is 0 Å². The van der Waals surface area contributed by atoms with Gasteiger partial charge in [0.15, 0.2) is 0 Å². The second-order valence-electron chi connectivity index (χ2n) is 3.75. The lowest BCUT2D eigenvalue weighted by Crippen LogP contribution is -2.45. The van der Waals surface area contributed by atoms with Gasteiger partial charge in [0.2, 0.25) is 5.76 Å². The molecule has 1 amide bonds. The lowest BCUT2D eigenvalue weighted by atomic mass is 10.1. The van der Waals surface area contributed by atoms with E-state index in [1.165, 1.54) is 6.26 Å². The number of hydrogen-bond acceptors (Lipinski definition) is 3. The van der Waals surface area contributed by atoms with E-state index in [1.54, 1.807) is 11.0 Å². The third kappa shape index (κ3) is 2.78. The van der Waals surface area contributed by atoms with Gasteiger partial charge in [0.05, 0.1) is 10.7 Å². The van der Waals surface area contributed by atoms with Crippen molar-refractivity contribution in [1.29, 1.82) is 0 Å². The van der Waals surface area contributed by atoms with Gasteiger partial charge in [-0.15, -0.1) is 12.4 Å². The van der Waals surface area contributed by atoms with Crippen LogP contribution in [0.15, 0.2) is 21.2 Å². The van der Waals surface area contributed by atoms with Crippen molar-refractivity contribution in [1.82, 2.24) is 4.90 Å². The van der Waals surface area contributed by atoms with Crippen molar-refractivity contribution < 1.29 is 9.21 Å². The first-order chi connectivity index (χ1) is 7.18. The maximum absolute atomic E-state index is 12.0. The van der Waals surface area contributed by atoms with Crippen molar-refractivity contribution in [3.8, 4) is 0 Å². The molecule has 4 nitrogen and oxygen atoms in total. The highest BCUT2D eigenvalue weighted by atomic mass is 79.9. The van der Waals surface area contributed by atoms with Gasteiger partial charge in [-0.2, -0.15) is 0 Å². The number of hydrogen-bond donors (Lipinski definition) is 1. The Balaban J connectivity index is 0.00000128. The normalized spacial score (nSPS) is 20.4. The van der Waals surface area contributed by atoms with Crippen molar-refractivity contribution in [2.45, 2.75) is 18.9 Å². The van der Waals surface area contributed by atoms with Gasteiger partial charge in [0.25, 0.3) is 5.91 Å². The maximum atomic E-state index is 12.0. The number of likely N-dealkylation sites (tertiary alicyclic amines) is 1. The standard InChI is InChI=1S/C10H13BrN2O2.ClH/c11-8-3-5-15-9(8)10(14)13-4-1-2-7(12)6-13;/h3,5,7H,1-2,4,6,12H2;1H/t7-;/m1./s1. The monoisotopic (exact) mass is 308 g/mol. The number of carbonyl (C=O) groups is 1. The van der Waals surface area contributed by atoms with Gasteiger partial charge in [0.1, 0.15) is 0 Å². The fraction of sp³-hybridized carbons (Fsp3) is 0.500. The first-order valence-electron chi connectivity index (χ1n) is 4.96. The average molecular weight is 310 g/mol. The molecule has 2 N–H and O–H groups in total. The molecule has 6 heteroatoms. The van der Waals surface area contributed by atoms with E-state index in [4.69, 9.17) is 10.2 Å². The van der Waals surface area contributed by atoms with Crippen LogP contribution in [0.4, 0.5) is 0 Å². The molecule has 1 atom stereocenters. The van der Waals surface area contributed by atoms with Crippen LogP contribution in [0, 0.1) is 0 Å². The van der Waals surface area contributed by atoms with Crippen LogP contribution in [0.5, 0.6) is 0 Å². The molecule has 1 aromatic rings. The van der Waals surface area contributed by atoms with E-state index >= 15 is 0 Å². The zero-order chi connectivity index (χ0) is 10.8. The van der Waals surface area contributed by atoms with Crippen LogP contribution in [-0.2, 0) is 0 Å². The molecule has 90 valence electrons. The lowest BCUT2D eigenvalue weighted by Gasteiger charge is -2.30. The Labute approximate surface area is 109 Å². The highest BCUT2D eigenvalue weighted by molar-refractivity contribution is 9.10. The zero-order valence-corrected chi connectivity index (χ0v) is 11.1. The summed E-state index contributed by atoms with van der Waals surface area (Å²) in [6, 6.07) is 1.81. The Kier molecular flexibility index (Phi) is 4.83. The predicted molar refractivity (Wildman–Crippen MR) is 66.8 cm³/mol. The van der Waals surface area contributed by atoms with Gasteiger partial charge in [-0.25, -0.2) is 0 Å². The smallest absolute Gasteiger partial charge is 0.290 e. The van der Waals surface area contributed by atoms with Crippen molar-refractivity contribution in [2.24, 2.45) is 5.73 Å². The molecule has 0 aliphatic carbocycles. The Hall–Kier alpha value is -0.520. The molecule has 0 spiro atoms. The molecular formula is C10H14BrClN2O2. The van der Waals surface area contributed by atoms with Crippen molar-refractivity contribution in [2.75, 3.05) is 13.1 Å². The molecule has 0 radical (unpaired) electrons. The molecule has 1 aromatic heterocycles. The topological polar surface area (TPSA) is 59.5 Å². The molecule has 2 rings (SSSR count). The minimum atomic E-state index is -0.0815. The van der Waals surface area contributed by atoms with Gasteiger partial charge in [0, 0.05) is 19.1 Å². The van der Waals surface area contributed by atoms with Crippen LogP contribution in [0.3, 0.4) is 0 Å². The van der Waals surface area contributed by atoms with Crippen LogP contribution in [0.2, 0.25) is 0 Å². The summed E-state index contributed by atoms with van der Waals surface area (Å²) in [5.41, 5.74) is 5.82. The minimum Gasteiger partial charge on any atom is -0.458 e. The number of piperidine rings is 1. The largest absolute Gasteiger partial charge is 0.458 e. The molecular weight excluding hydrogens is 295 g/mol. The van der Waals surface area contributed by atoms with Crippen molar-refractivity contribution in [3.63, 3.8) is 0 Å². The summed E-state index contributed by atoms with van der Waals surface area (Å²) in [4.78, 5) is 13.7. The highest BCUT2D eigenvalue weighted by Gasteiger charge is 2.25. The molecule has 1 aliphatic heterocycles. The molecule has 2 heterocycles. The number of nitrogens with zero attached hydrogens (tertiary/aromatic N) is 1. The number of amides is 1. The molecule has 16 heavy (non-hydrogen) atoms. The first kappa shape index (κ1) is 13.5. The van der Waals surface area contributed by atoms with E-state index in [-0.39, 0.29) is 24.4 Å². The Morgan fingerprint density at radius 1 is 1.62 bits per heavy atom. The summed E-state index contributed by atoms with van der Waals surface area (Å²) in [7, 11) is 0. The number of furan rings is 1. The quantitative estimate of drug-likeness (QED) is 0.863. The summed E-state index contributed by atoms with van der Waals surface area (Å²) >= 11 is 3.28. The van der Waals surface area contributed by atoms with Crippen LogP contribution < -0.4 is 5.73 Å². The molecule has 0 aromatic carbocycles. The van der Waals surface area contributed by atoms with Crippen LogP contribution in [0.1, 0.15) is 23.4 Å². The second-order valence-corrected chi connectivity index (χ2v) is 4.61. The fourth-order valence-electron chi connectivity index (χ4n) is 1.78. The number of rotatable bonds is 1. The van der Waals surface area contributed by atoms with Crippen molar-refractivity contribution in [3.05, 3.63) is 22.6 Å². The zero-order valence-electron chi connectivity index (χ0n) is 8.69. The minimum absolute atomic E-state index is 0. The molecule has 0 unspecified atom stereocenters. The first-order valence-corrected chi connectivity index (χ1v) is 5.75. The van der Waals surface area contributed by atoms with E-state index in [2.05, 4.69) is 15.9 Å². The molecule has 0 saturated carbocycles. The van der Waals surface area contributed by atoms with Crippen LogP contribution in [0.25, 0.3) is 0 Å². The Morgan fingerprint density at radius 2 is 2.38 bits per heavy atom. The predicted octanol–water partition coefficient (Wildman–Crippen LogP) is 2.03. The summed E-state index contributed by atoms with van der Waals surface area (Å²) < 4.78 is 5.84. The summed E-state index contributed by atoms with van der Waals surface area (Å²) in [5.74, 6) is 0.283. The third-order valence-corrected chi connectivity index (χ3v) is 3.18. The van der Waals surface area contributed by atoms with E-state index in [9.17, 15) is 4.79 Å². The maximum Gasteiger partial charge on any atom is 0.290 e. The summed E-state index contributed by atoms with van der Waals surface area (Å²) in [5, 5.41) is 0. The van der Waals surface area contributed by atoms with Gasteiger partial charge >= 0.3 is 0 Å². The van der Waals surface area contributed by atoms with Gasteiger partial charge < -0.3 is 15.1 Å². The molecule has 1 aliphatic rings. The SMILES string of the molecule is Cl.N[C@@H]1CCCN(C(=O)c2occc2Br)C1. The van der Waals surface area contributed by atoms with Crippen LogP contribution >= 0.6 is 28.3 Å². The third-order valence-electron chi connectivity index (χ3n) is 2.56. The number of nitrogens with two attached hydrogens (primary N) is 1. The Morgan fingerprint density at radius 3 is 2.94 bits per heavy atom. The second kappa shape index (κ2) is 5.70. The van der Waals surface area contributed by atoms with E-state index < -0.39 is 0 Å². The lowest BCUT2D eigenvalue weighted by molar-refractivity contribution is 0.0675. The van der Waals surface area contributed by atoms with Gasteiger partial charge in [-0.1, -0.05) is 0 Å². The molecule has 0 bridgehead atoms. The van der Waals surface area contributed by atoms with Gasteiger partial charge in [-0.05, 0) is 34.8 Å². The van der Waals surface area contributed by atoms with Crippen molar-refractivity contribution >= 4 is 34.2 Å². The summed E-state index contributed by atoms with van der Waals surface area (Å²) in [6.45, 7) is 1.38. The number of carbonyl (C=O) groups excluding carboxylic acids is 1. The summed E-state index contributed by atoms with van der Waals surface area (Å²) in [6.07, 6.45) is 3.45. The number of halogens is 2. The van der Waals surface area contributed by atoms with E-state index in [0.717, 1.165) is 19.4 Å². The Bertz CT molecular complexity index is 369.